The molecular formula is C10H15N3O4S. The largest absolute Gasteiger partial charge is 0.443 e. The maximum Gasteiger partial charge on any atom is 0.422 e. The Balaban J connectivity index is 2.63. The Labute approximate surface area is 106 Å². The van der Waals surface area contributed by atoms with Crippen LogP contribution in [-0.2, 0) is 14.9 Å². The van der Waals surface area contributed by atoms with E-state index in [1.807, 2.05) is 0 Å². The molecule has 0 aromatic carbocycles. The molecular weight excluding hydrogens is 258 g/mol. The molecule has 1 aromatic rings. The van der Waals surface area contributed by atoms with Crippen molar-refractivity contribution < 1.29 is 17.9 Å². The lowest BCUT2D eigenvalue weighted by Gasteiger charge is -2.19. The highest BCUT2D eigenvalue weighted by Gasteiger charge is 2.21. The van der Waals surface area contributed by atoms with E-state index >= 15 is 0 Å². The van der Waals surface area contributed by atoms with Crippen LogP contribution in [0.25, 0.3) is 0 Å². The molecule has 1 aromatic heterocycles. The van der Waals surface area contributed by atoms with E-state index in [0.29, 0.717) is 0 Å². The second kappa shape index (κ2) is 5.21. The highest BCUT2D eigenvalue weighted by Crippen LogP contribution is 2.07. The van der Waals surface area contributed by atoms with Gasteiger partial charge in [0, 0.05) is 6.20 Å². The van der Waals surface area contributed by atoms with Gasteiger partial charge < -0.3 is 4.74 Å². The highest BCUT2D eigenvalue weighted by molar-refractivity contribution is 7.91. The Morgan fingerprint density at radius 2 is 2.00 bits per heavy atom. The summed E-state index contributed by atoms with van der Waals surface area (Å²) in [7, 11) is -4.04. The molecule has 1 rings (SSSR count). The molecule has 0 spiro atoms. The van der Waals surface area contributed by atoms with Crippen LogP contribution in [-0.4, -0.2) is 25.1 Å². The molecule has 0 saturated carbocycles. The van der Waals surface area contributed by atoms with Crippen LogP contribution in [0.15, 0.2) is 24.4 Å². The molecule has 0 atom stereocenters. The predicted octanol–water partition coefficient (Wildman–Crippen LogP) is 1.26. The summed E-state index contributed by atoms with van der Waals surface area (Å²) >= 11 is 0. The van der Waals surface area contributed by atoms with Crippen molar-refractivity contribution in [2.24, 2.45) is 0 Å². The number of carbonyl (C=O) groups excluding carboxylic acids is 1. The first-order valence-electron chi connectivity index (χ1n) is 5.12. The molecule has 7 nitrogen and oxygen atoms in total. The fourth-order valence-corrected chi connectivity index (χ4v) is 1.70. The minimum absolute atomic E-state index is 0.105. The van der Waals surface area contributed by atoms with Gasteiger partial charge in [-0.2, -0.15) is 8.42 Å². The SMILES string of the molecule is CC(C)(C)OC(=O)NS(=O)(=O)Nc1ccccn1. The molecule has 0 aliphatic carbocycles. The number of amides is 1. The van der Waals surface area contributed by atoms with Crippen molar-refractivity contribution in [3.05, 3.63) is 24.4 Å². The normalized spacial score (nSPS) is 11.7. The highest BCUT2D eigenvalue weighted by atomic mass is 32.2. The van der Waals surface area contributed by atoms with Crippen molar-refractivity contribution in [2.45, 2.75) is 26.4 Å². The summed E-state index contributed by atoms with van der Waals surface area (Å²) in [5.74, 6) is 0.105. The van der Waals surface area contributed by atoms with Crippen LogP contribution in [0, 0.1) is 0 Å². The fraction of sp³-hybridized carbons (Fsp3) is 0.400. The van der Waals surface area contributed by atoms with E-state index in [1.165, 1.54) is 12.3 Å². The van der Waals surface area contributed by atoms with Gasteiger partial charge in [0.15, 0.2) is 0 Å². The number of hydrogen-bond donors (Lipinski definition) is 2. The van der Waals surface area contributed by atoms with Crippen LogP contribution in [0.1, 0.15) is 20.8 Å². The Morgan fingerprint density at radius 1 is 1.33 bits per heavy atom. The number of hydrogen-bond acceptors (Lipinski definition) is 5. The van der Waals surface area contributed by atoms with E-state index in [2.05, 4.69) is 9.71 Å². The zero-order valence-electron chi connectivity index (χ0n) is 10.3. The molecule has 0 radical (unpaired) electrons. The molecule has 0 aliphatic rings. The topological polar surface area (TPSA) is 97.4 Å². The first-order valence-corrected chi connectivity index (χ1v) is 6.61. The lowest BCUT2D eigenvalue weighted by molar-refractivity contribution is 0.0570. The number of pyridine rings is 1. The van der Waals surface area contributed by atoms with Crippen molar-refractivity contribution in [3.8, 4) is 0 Å². The van der Waals surface area contributed by atoms with Gasteiger partial charge in [-0.05, 0) is 32.9 Å². The molecule has 0 unspecified atom stereocenters. The lowest BCUT2D eigenvalue weighted by Crippen LogP contribution is -2.39. The summed E-state index contributed by atoms with van der Waals surface area (Å²) in [5.41, 5.74) is -0.773. The van der Waals surface area contributed by atoms with Crippen LogP contribution >= 0.6 is 0 Å². The van der Waals surface area contributed by atoms with Gasteiger partial charge in [0.05, 0.1) is 0 Å². The molecule has 2 N–H and O–H groups in total. The summed E-state index contributed by atoms with van der Waals surface area (Å²) in [6.07, 6.45) is 0.372. The zero-order valence-corrected chi connectivity index (χ0v) is 11.1. The van der Waals surface area contributed by atoms with Crippen molar-refractivity contribution in [1.82, 2.24) is 9.71 Å². The number of carbonyl (C=O) groups is 1. The van der Waals surface area contributed by atoms with Crippen LogP contribution in [0.5, 0.6) is 0 Å². The Bertz CT molecular complexity index is 508. The molecule has 0 saturated heterocycles. The van der Waals surface area contributed by atoms with Crippen molar-refractivity contribution in [2.75, 3.05) is 4.72 Å². The first kappa shape index (κ1) is 14.2. The summed E-state index contributed by atoms with van der Waals surface area (Å²) in [6.45, 7) is 4.89. The monoisotopic (exact) mass is 273 g/mol. The molecule has 100 valence electrons. The van der Waals surface area contributed by atoms with E-state index in [1.54, 1.807) is 37.6 Å². The Kier molecular flexibility index (Phi) is 4.12. The number of nitrogens with zero attached hydrogens (tertiary/aromatic N) is 1. The number of anilines is 1. The molecule has 8 heteroatoms. The standard InChI is InChI=1S/C10H15N3O4S/c1-10(2,3)17-9(14)13-18(15,16)12-8-6-4-5-7-11-8/h4-7H,1-3H3,(H,11,12)(H,13,14). The number of nitrogens with one attached hydrogen (secondary N) is 2. The Hall–Kier alpha value is -1.83. The third-order valence-corrected chi connectivity index (χ3v) is 2.43. The average Bonchev–Trinajstić information content (AvgIpc) is 2.13. The van der Waals surface area contributed by atoms with E-state index < -0.39 is 21.9 Å². The lowest BCUT2D eigenvalue weighted by atomic mass is 10.2. The number of aromatic nitrogens is 1. The fourth-order valence-electron chi connectivity index (χ4n) is 0.995. The van der Waals surface area contributed by atoms with E-state index in [-0.39, 0.29) is 5.82 Å². The van der Waals surface area contributed by atoms with E-state index in [4.69, 9.17) is 4.74 Å². The van der Waals surface area contributed by atoms with Gasteiger partial charge in [-0.25, -0.2) is 14.5 Å². The summed E-state index contributed by atoms with van der Waals surface area (Å²) in [4.78, 5) is 15.1. The average molecular weight is 273 g/mol. The molecule has 0 fully saturated rings. The van der Waals surface area contributed by atoms with Gasteiger partial charge in [-0.3, -0.25) is 4.72 Å². The molecule has 0 aliphatic heterocycles. The van der Waals surface area contributed by atoms with Gasteiger partial charge in [0.1, 0.15) is 11.4 Å². The van der Waals surface area contributed by atoms with Crippen LogP contribution in [0.4, 0.5) is 10.6 Å². The molecule has 18 heavy (non-hydrogen) atoms. The third kappa shape index (κ3) is 5.48. The van der Waals surface area contributed by atoms with E-state index in [0.717, 1.165) is 0 Å². The smallest absolute Gasteiger partial charge is 0.422 e. The summed E-state index contributed by atoms with van der Waals surface area (Å²) in [5, 5.41) is 0. The van der Waals surface area contributed by atoms with Gasteiger partial charge in [-0.1, -0.05) is 6.07 Å². The van der Waals surface area contributed by atoms with Gasteiger partial charge in [0.25, 0.3) is 0 Å². The minimum atomic E-state index is -4.04. The maximum absolute atomic E-state index is 11.5. The maximum atomic E-state index is 11.5. The number of ether oxygens (including phenoxy) is 1. The van der Waals surface area contributed by atoms with E-state index in [9.17, 15) is 13.2 Å². The first-order chi connectivity index (χ1) is 8.18. The molecule has 0 bridgehead atoms. The molecule has 1 heterocycles. The van der Waals surface area contributed by atoms with Crippen molar-refractivity contribution >= 4 is 22.1 Å². The second-order valence-electron chi connectivity index (χ2n) is 4.42. The van der Waals surface area contributed by atoms with Crippen molar-refractivity contribution in [1.29, 1.82) is 0 Å². The summed E-state index contributed by atoms with van der Waals surface area (Å²) < 4.78 is 31.7. The summed E-state index contributed by atoms with van der Waals surface area (Å²) in [6, 6.07) is 4.70. The Morgan fingerprint density at radius 3 is 2.50 bits per heavy atom. The van der Waals surface area contributed by atoms with Crippen LogP contribution < -0.4 is 9.44 Å². The van der Waals surface area contributed by atoms with Crippen LogP contribution in [0.2, 0.25) is 0 Å². The second-order valence-corrected chi connectivity index (χ2v) is 5.84. The minimum Gasteiger partial charge on any atom is -0.443 e. The van der Waals surface area contributed by atoms with Gasteiger partial charge in [-0.15, -0.1) is 0 Å². The predicted molar refractivity (Wildman–Crippen MR) is 66.1 cm³/mol. The molecule has 1 amide bonds. The van der Waals surface area contributed by atoms with Crippen LogP contribution in [0.3, 0.4) is 0 Å². The number of rotatable bonds is 3. The zero-order chi connectivity index (χ0) is 13.8. The van der Waals surface area contributed by atoms with Gasteiger partial charge >= 0.3 is 16.3 Å². The quantitative estimate of drug-likeness (QED) is 0.864. The third-order valence-electron chi connectivity index (χ3n) is 1.52. The van der Waals surface area contributed by atoms with Crippen molar-refractivity contribution in [3.63, 3.8) is 0 Å². The van der Waals surface area contributed by atoms with Gasteiger partial charge in [0.2, 0.25) is 0 Å².